The standard InChI is InChI=1S/C14H24N2O4S/c1-10-7-12(15)8-13(11(10)2)21(18,19)16-9-14(3,17)5-6-20-4/h7-8,16-17H,5-6,9,15H2,1-4H3. The van der Waals surface area contributed by atoms with Crippen LogP contribution >= 0.6 is 0 Å². The Bertz CT molecular complexity index is 597. The molecule has 1 atom stereocenters. The van der Waals surface area contributed by atoms with E-state index in [1.54, 1.807) is 26.8 Å². The molecule has 1 aromatic carbocycles. The largest absolute Gasteiger partial charge is 0.399 e. The van der Waals surface area contributed by atoms with Crippen LogP contribution in [-0.2, 0) is 14.8 Å². The molecule has 1 unspecified atom stereocenters. The Hall–Kier alpha value is -1.15. The molecule has 0 amide bonds. The molecule has 6 nitrogen and oxygen atoms in total. The highest BCUT2D eigenvalue weighted by atomic mass is 32.2. The van der Waals surface area contributed by atoms with Crippen LogP contribution in [-0.4, -0.2) is 39.4 Å². The van der Waals surface area contributed by atoms with Crippen LogP contribution in [0.25, 0.3) is 0 Å². The second-order valence-corrected chi connectivity index (χ2v) is 7.26. The van der Waals surface area contributed by atoms with E-state index in [2.05, 4.69) is 4.72 Å². The number of aryl methyl sites for hydroxylation is 1. The van der Waals surface area contributed by atoms with Crippen LogP contribution < -0.4 is 10.5 Å². The van der Waals surface area contributed by atoms with Crippen LogP contribution in [0.4, 0.5) is 5.69 Å². The SMILES string of the molecule is COCCC(C)(O)CNS(=O)(=O)c1cc(N)cc(C)c1C. The summed E-state index contributed by atoms with van der Waals surface area (Å²) >= 11 is 0. The van der Waals surface area contributed by atoms with E-state index in [9.17, 15) is 13.5 Å². The summed E-state index contributed by atoms with van der Waals surface area (Å²) in [7, 11) is -2.20. The van der Waals surface area contributed by atoms with Gasteiger partial charge in [-0.15, -0.1) is 0 Å². The van der Waals surface area contributed by atoms with E-state index in [4.69, 9.17) is 10.5 Å². The maximum atomic E-state index is 12.4. The topological polar surface area (TPSA) is 102 Å². The van der Waals surface area contributed by atoms with E-state index in [1.807, 2.05) is 0 Å². The van der Waals surface area contributed by atoms with Gasteiger partial charge in [0.15, 0.2) is 0 Å². The number of rotatable bonds is 7. The molecule has 21 heavy (non-hydrogen) atoms. The number of sulfonamides is 1. The van der Waals surface area contributed by atoms with Crippen LogP contribution in [0.1, 0.15) is 24.5 Å². The van der Waals surface area contributed by atoms with Gasteiger partial charge in [-0.25, -0.2) is 13.1 Å². The average molecular weight is 316 g/mol. The fraction of sp³-hybridized carbons (Fsp3) is 0.571. The summed E-state index contributed by atoms with van der Waals surface area (Å²) in [5.41, 5.74) is 6.39. The van der Waals surface area contributed by atoms with Crippen LogP contribution in [0.15, 0.2) is 17.0 Å². The number of ether oxygens (including phenoxy) is 1. The van der Waals surface area contributed by atoms with E-state index < -0.39 is 15.6 Å². The first-order valence-electron chi connectivity index (χ1n) is 6.67. The fourth-order valence-corrected chi connectivity index (χ4v) is 3.38. The molecule has 0 bridgehead atoms. The van der Waals surface area contributed by atoms with Gasteiger partial charge in [0.05, 0.1) is 10.5 Å². The zero-order chi connectivity index (χ0) is 16.3. The Kier molecular flexibility index (Phi) is 5.75. The third-order valence-corrected chi connectivity index (χ3v) is 4.95. The van der Waals surface area contributed by atoms with Crippen molar-refractivity contribution >= 4 is 15.7 Å². The predicted molar refractivity (Wildman–Crippen MR) is 82.6 cm³/mol. The van der Waals surface area contributed by atoms with E-state index in [0.29, 0.717) is 24.3 Å². The van der Waals surface area contributed by atoms with Crippen molar-refractivity contribution in [3.63, 3.8) is 0 Å². The minimum absolute atomic E-state index is 0.0913. The van der Waals surface area contributed by atoms with E-state index in [1.165, 1.54) is 13.2 Å². The number of anilines is 1. The molecule has 0 aliphatic heterocycles. The maximum absolute atomic E-state index is 12.4. The van der Waals surface area contributed by atoms with Crippen LogP contribution in [0.3, 0.4) is 0 Å². The molecule has 0 heterocycles. The summed E-state index contributed by atoms with van der Waals surface area (Å²) < 4.78 is 32.1. The lowest BCUT2D eigenvalue weighted by Crippen LogP contribution is -2.41. The number of hydrogen-bond donors (Lipinski definition) is 3. The van der Waals surface area contributed by atoms with Crippen molar-refractivity contribution in [3.8, 4) is 0 Å². The third kappa shape index (κ3) is 4.96. The lowest BCUT2D eigenvalue weighted by atomic mass is 10.0. The smallest absolute Gasteiger partial charge is 0.241 e. The van der Waals surface area contributed by atoms with Gasteiger partial charge in [0.2, 0.25) is 10.0 Å². The Labute approximate surface area is 126 Å². The molecule has 1 aromatic rings. The number of aliphatic hydroxyl groups is 1. The second-order valence-electron chi connectivity index (χ2n) is 5.53. The number of nitrogen functional groups attached to an aromatic ring is 1. The van der Waals surface area contributed by atoms with Gasteiger partial charge < -0.3 is 15.6 Å². The van der Waals surface area contributed by atoms with Gasteiger partial charge in [-0.1, -0.05) is 0 Å². The summed E-state index contributed by atoms with van der Waals surface area (Å²) in [4.78, 5) is 0.141. The molecule has 0 fully saturated rings. The van der Waals surface area contributed by atoms with Gasteiger partial charge in [0.1, 0.15) is 0 Å². The van der Waals surface area contributed by atoms with Gasteiger partial charge in [-0.3, -0.25) is 0 Å². The highest BCUT2D eigenvalue weighted by molar-refractivity contribution is 7.89. The molecular weight excluding hydrogens is 292 g/mol. The lowest BCUT2D eigenvalue weighted by molar-refractivity contribution is 0.0292. The van der Waals surface area contributed by atoms with Crippen molar-refractivity contribution in [2.24, 2.45) is 0 Å². The van der Waals surface area contributed by atoms with Gasteiger partial charge >= 0.3 is 0 Å². The van der Waals surface area contributed by atoms with Crippen molar-refractivity contribution in [2.75, 3.05) is 26.0 Å². The molecule has 120 valence electrons. The summed E-state index contributed by atoms with van der Waals surface area (Å²) in [5, 5.41) is 10.1. The number of benzene rings is 1. The zero-order valence-corrected chi connectivity index (χ0v) is 13.8. The molecule has 0 saturated carbocycles. The Morgan fingerprint density at radius 1 is 1.38 bits per heavy atom. The molecular formula is C14H24N2O4S. The lowest BCUT2D eigenvalue weighted by Gasteiger charge is -2.23. The first kappa shape index (κ1) is 17.9. The van der Waals surface area contributed by atoms with Crippen molar-refractivity contribution in [1.29, 1.82) is 0 Å². The number of nitrogens with two attached hydrogens (primary N) is 1. The highest BCUT2D eigenvalue weighted by Crippen LogP contribution is 2.22. The van der Waals surface area contributed by atoms with E-state index in [-0.39, 0.29) is 11.4 Å². The summed E-state index contributed by atoms with van der Waals surface area (Å²) in [6.07, 6.45) is 0.334. The summed E-state index contributed by atoms with van der Waals surface area (Å²) in [6.45, 7) is 5.36. The molecule has 0 spiro atoms. The first-order chi connectivity index (χ1) is 9.59. The average Bonchev–Trinajstić information content (AvgIpc) is 2.38. The first-order valence-corrected chi connectivity index (χ1v) is 8.15. The Morgan fingerprint density at radius 3 is 2.57 bits per heavy atom. The summed E-state index contributed by atoms with van der Waals surface area (Å²) in [6, 6.07) is 3.15. The minimum Gasteiger partial charge on any atom is -0.399 e. The number of nitrogens with one attached hydrogen (secondary N) is 1. The summed E-state index contributed by atoms with van der Waals surface area (Å²) in [5.74, 6) is 0. The Morgan fingerprint density at radius 2 is 2.00 bits per heavy atom. The molecule has 0 radical (unpaired) electrons. The fourth-order valence-electron chi connectivity index (χ4n) is 1.87. The second kappa shape index (κ2) is 6.74. The van der Waals surface area contributed by atoms with Crippen molar-refractivity contribution in [2.45, 2.75) is 37.7 Å². The normalized spacial score (nSPS) is 14.9. The Balaban J connectivity index is 2.93. The quantitative estimate of drug-likeness (QED) is 0.650. The van der Waals surface area contributed by atoms with Crippen LogP contribution in [0, 0.1) is 13.8 Å². The monoisotopic (exact) mass is 316 g/mol. The van der Waals surface area contributed by atoms with Crippen molar-refractivity contribution in [3.05, 3.63) is 23.3 Å². The van der Waals surface area contributed by atoms with E-state index >= 15 is 0 Å². The van der Waals surface area contributed by atoms with Crippen molar-refractivity contribution < 1.29 is 18.3 Å². The zero-order valence-electron chi connectivity index (χ0n) is 12.9. The van der Waals surface area contributed by atoms with Gasteiger partial charge in [-0.05, 0) is 44.0 Å². The maximum Gasteiger partial charge on any atom is 0.241 e. The van der Waals surface area contributed by atoms with E-state index in [0.717, 1.165) is 5.56 Å². The van der Waals surface area contributed by atoms with Gasteiger partial charge in [0, 0.05) is 32.4 Å². The molecule has 7 heteroatoms. The van der Waals surface area contributed by atoms with Crippen LogP contribution in [0.5, 0.6) is 0 Å². The third-order valence-electron chi connectivity index (χ3n) is 3.42. The molecule has 0 aliphatic carbocycles. The number of hydrogen-bond acceptors (Lipinski definition) is 5. The molecule has 0 aliphatic rings. The molecule has 0 saturated heterocycles. The van der Waals surface area contributed by atoms with Crippen LogP contribution in [0.2, 0.25) is 0 Å². The van der Waals surface area contributed by atoms with Gasteiger partial charge in [0.25, 0.3) is 0 Å². The molecule has 1 rings (SSSR count). The molecule has 4 N–H and O–H groups in total. The highest BCUT2D eigenvalue weighted by Gasteiger charge is 2.25. The number of methoxy groups -OCH3 is 1. The minimum atomic E-state index is -3.72. The predicted octanol–water partition coefficient (Wildman–Crippen LogP) is 0.951. The van der Waals surface area contributed by atoms with Crippen molar-refractivity contribution in [1.82, 2.24) is 4.72 Å². The van der Waals surface area contributed by atoms with Gasteiger partial charge in [-0.2, -0.15) is 0 Å². The molecule has 0 aromatic heterocycles.